The topological polar surface area (TPSA) is 43.3 Å². The summed E-state index contributed by atoms with van der Waals surface area (Å²) in [5.41, 5.74) is 9.71. The summed E-state index contributed by atoms with van der Waals surface area (Å²) in [5.74, 6) is 0.768. The predicted molar refractivity (Wildman–Crippen MR) is 85.4 cm³/mol. The van der Waals surface area contributed by atoms with Crippen molar-refractivity contribution >= 4 is 34.7 Å². The average molecular weight is 304 g/mol. The fourth-order valence-electron chi connectivity index (χ4n) is 2.06. The first-order valence-corrected chi connectivity index (χ1v) is 7.61. The molecule has 2 heterocycles. The summed E-state index contributed by atoms with van der Waals surface area (Å²) in [5, 5.41) is 0.726. The van der Waals surface area contributed by atoms with Gasteiger partial charge in [-0.2, -0.15) is 0 Å². The fourth-order valence-corrected chi connectivity index (χ4v) is 3.21. The molecule has 0 atom stereocenters. The van der Waals surface area contributed by atoms with Crippen molar-refractivity contribution in [3.8, 4) is 0 Å². The maximum Gasteiger partial charge on any atom is 0.139 e. The molecule has 0 aliphatic rings. The number of imidazole rings is 1. The van der Waals surface area contributed by atoms with E-state index in [-0.39, 0.29) is 0 Å². The van der Waals surface area contributed by atoms with Crippen molar-refractivity contribution < 1.29 is 0 Å². The van der Waals surface area contributed by atoms with Crippen molar-refractivity contribution in [2.75, 3.05) is 5.73 Å². The van der Waals surface area contributed by atoms with Crippen LogP contribution in [0.4, 0.5) is 5.69 Å². The van der Waals surface area contributed by atoms with Crippen LogP contribution < -0.4 is 5.73 Å². The summed E-state index contributed by atoms with van der Waals surface area (Å²) < 4.78 is 2.05. The smallest absolute Gasteiger partial charge is 0.139 e. The molecule has 0 spiro atoms. The second-order valence-corrected chi connectivity index (χ2v) is 6.06. The van der Waals surface area contributed by atoms with Crippen molar-refractivity contribution in [3.63, 3.8) is 0 Å². The number of fused-ring (bicyclic) bond motifs is 1. The lowest BCUT2D eigenvalue weighted by Crippen LogP contribution is -1.86. The Morgan fingerprint density at radius 3 is 3.00 bits per heavy atom. The van der Waals surface area contributed by atoms with Crippen LogP contribution in [0, 0.1) is 6.92 Å². The molecule has 0 aliphatic heterocycles. The molecular weight excluding hydrogens is 290 g/mol. The lowest BCUT2D eigenvalue weighted by molar-refractivity contribution is 1.16. The van der Waals surface area contributed by atoms with Gasteiger partial charge in [-0.3, -0.25) is 0 Å². The number of aromatic nitrogens is 2. The minimum atomic E-state index is 0.725. The minimum absolute atomic E-state index is 0.725. The molecule has 0 radical (unpaired) electrons. The van der Waals surface area contributed by atoms with Gasteiger partial charge in [0.25, 0.3) is 0 Å². The van der Waals surface area contributed by atoms with E-state index in [2.05, 4.69) is 24.2 Å². The first-order chi connectivity index (χ1) is 9.63. The van der Waals surface area contributed by atoms with Gasteiger partial charge in [-0.1, -0.05) is 17.7 Å². The number of rotatable bonds is 3. The van der Waals surface area contributed by atoms with Crippen LogP contribution in [0.25, 0.3) is 5.65 Å². The second-order valence-electron chi connectivity index (χ2n) is 4.63. The van der Waals surface area contributed by atoms with Gasteiger partial charge in [-0.25, -0.2) is 4.98 Å². The van der Waals surface area contributed by atoms with E-state index in [1.54, 1.807) is 17.8 Å². The number of anilines is 1. The Labute approximate surface area is 126 Å². The van der Waals surface area contributed by atoms with E-state index in [9.17, 15) is 0 Å². The van der Waals surface area contributed by atoms with Crippen LogP contribution in [0.15, 0.2) is 47.6 Å². The van der Waals surface area contributed by atoms with E-state index in [0.717, 1.165) is 32.7 Å². The molecule has 3 rings (SSSR count). The van der Waals surface area contributed by atoms with Crippen LogP contribution in [0.2, 0.25) is 5.02 Å². The highest BCUT2D eigenvalue weighted by Crippen LogP contribution is 2.31. The third kappa shape index (κ3) is 2.62. The second kappa shape index (κ2) is 5.38. The largest absolute Gasteiger partial charge is 0.399 e. The number of aryl methyl sites for hydroxylation is 1. The SMILES string of the molecule is Cc1cccn2cc(CSc3cc(N)ccc3Cl)nc12. The Hall–Kier alpha value is -1.65. The van der Waals surface area contributed by atoms with Gasteiger partial charge in [0.05, 0.1) is 10.7 Å². The van der Waals surface area contributed by atoms with Gasteiger partial charge < -0.3 is 10.1 Å². The highest BCUT2D eigenvalue weighted by molar-refractivity contribution is 7.98. The van der Waals surface area contributed by atoms with Crippen LogP contribution in [0.5, 0.6) is 0 Å². The van der Waals surface area contributed by atoms with E-state index >= 15 is 0 Å². The van der Waals surface area contributed by atoms with E-state index < -0.39 is 0 Å². The van der Waals surface area contributed by atoms with Crippen molar-refractivity contribution in [2.24, 2.45) is 0 Å². The summed E-state index contributed by atoms with van der Waals surface area (Å²) in [6, 6.07) is 9.62. The van der Waals surface area contributed by atoms with Gasteiger partial charge in [-0.15, -0.1) is 11.8 Å². The molecule has 0 aliphatic carbocycles. The van der Waals surface area contributed by atoms with Gasteiger partial charge in [-0.05, 0) is 36.8 Å². The van der Waals surface area contributed by atoms with Crippen molar-refractivity contribution in [2.45, 2.75) is 17.6 Å². The van der Waals surface area contributed by atoms with Crippen LogP contribution in [-0.4, -0.2) is 9.38 Å². The fraction of sp³-hybridized carbons (Fsp3) is 0.133. The number of thioether (sulfide) groups is 1. The molecule has 2 N–H and O–H groups in total. The summed E-state index contributed by atoms with van der Waals surface area (Å²) in [4.78, 5) is 5.63. The molecule has 3 aromatic rings. The Kier molecular flexibility index (Phi) is 3.59. The molecule has 0 bridgehead atoms. The third-order valence-corrected chi connectivity index (χ3v) is 4.59. The highest BCUT2D eigenvalue weighted by Gasteiger charge is 2.06. The number of halogens is 1. The van der Waals surface area contributed by atoms with Gasteiger partial charge in [0, 0.05) is 28.7 Å². The number of pyridine rings is 1. The highest BCUT2D eigenvalue weighted by atomic mass is 35.5. The third-order valence-electron chi connectivity index (χ3n) is 3.06. The summed E-state index contributed by atoms with van der Waals surface area (Å²) in [6.07, 6.45) is 4.06. The normalized spacial score (nSPS) is 11.1. The lowest BCUT2D eigenvalue weighted by atomic mass is 10.3. The molecule has 0 amide bonds. The number of benzene rings is 1. The molecule has 0 unspecified atom stereocenters. The summed E-state index contributed by atoms with van der Waals surface area (Å²) in [6.45, 7) is 2.06. The molecule has 0 saturated heterocycles. The van der Waals surface area contributed by atoms with Gasteiger partial charge in [0.1, 0.15) is 5.65 Å². The van der Waals surface area contributed by atoms with E-state index in [0.29, 0.717) is 0 Å². The summed E-state index contributed by atoms with van der Waals surface area (Å²) >= 11 is 7.81. The molecule has 0 fully saturated rings. The predicted octanol–water partition coefficient (Wildman–Crippen LogP) is 4.17. The molecule has 0 saturated carbocycles. The molecule has 20 heavy (non-hydrogen) atoms. The van der Waals surface area contributed by atoms with Gasteiger partial charge >= 0.3 is 0 Å². The van der Waals surface area contributed by atoms with Crippen molar-refractivity contribution in [1.29, 1.82) is 0 Å². The lowest BCUT2D eigenvalue weighted by Gasteiger charge is -2.03. The number of nitrogen functional groups attached to an aromatic ring is 1. The molecule has 102 valence electrons. The molecule has 3 nitrogen and oxygen atoms in total. The molecule has 2 aromatic heterocycles. The number of hydrogen-bond donors (Lipinski definition) is 1. The van der Waals surface area contributed by atoms with Crippen LogP contribution in [0.1, 0.15) is 11.3 Å². The van der Waals surface area contributed by atoms with E-state index in [1.165, 1.54) is 5.56 Å². The first-order valence-electron chi connectivity index (χ1n) is 6.24. The zero-order valence-electron chi connectivity index (χ0n) is 11.0. The van der Waals surface area contributed by atoms with E-state index in [4.69, 9.17) is 17.3 Å². The first kappa shape index (κ1) is 13.3. The minimum Gasteiger partial charge on any atom is -0.399 e. The Morgan fingerprint density at radius 1 is 1.35 bits per heavy atom. The van der Waals surface area contributed by atoms with Crippen LogP contribution in [0.3, 0.4) is 0 Å². The summed E-state index contributed by atoms with van der Waals surface area (Å²) in [7, 11) is 0. The number of hydrogen-bond acceptors (Lipinski definition) is 3. The monoisotopic (exact) mass is 303 g/mol. The quantitative estimate of drug-likeness (QED) is 0.583. The number of nitrogens with zero attached hydrogens (tertiary/aromatic N) is 2. The maximum atomic E-state index is 6.16. The van der Waals surface area contributed by atoms with Crippen molar-refractivity contribution in [3.05, 3.63) is 59.0 Å². The molecule has 1 aromatic carbocycles. The Bertz CT molecular complexity index is 767. The molecular formula is C15H14ClN3S. The number of nitrogens with two attached hydrogens (primary N) is 1. The zero-order chi connectivity index (χ0) is 14.1. The van der Waals surface area contributed by atoms with Crippen molar-refractivity contribution in [1.82, 2.24) is 9.38 Å². The maximum absolute atomic E-state index is 6.16. The molecule has 5 heteroatoms. The Balaban J connectivity index is 1.83. The Morgan fingerprint density at radius 2 is 2.20 bits per heavy atom. The standard InChI is InChI=1S/C15H14ClN3S/c1-10-3-2-6-19-8-12(18-15(10)19)9-20-14-7-11(17)4-5-13(14)16/h2-8H,9,17H2,1H3. The zero-order valence-corrected chi connectivity index (χ0v) is 12.6. The van der Waals surface area contributed by atoms with E-state index in [1.807, 2.05) is 28.8 Å². The van der Waals surface area contributed by atoms with Crippen LogP contribution >= 0.6 is 23.4 Å². The average Bonchev–Trinajstić information content (AvgIpc) is 2.84. The van der Waals surface area contributed by atoms with Crippen LogP contribution in [-0.2, 0) is 5.75 Å². The van der Waals surface area contributed by atoms with Gasteiger partial charge in [0.2, 0.25) is 0 Å². The van der Waals surface area contributed by atoms with Gasteiger partial charge in [0.15, 0.2) is 0 Å².